The van der Waals surface area contributed by atoms with E-state index in [1.54, 1.807) is 11.3 Å². The van der Waals surface area contributed by atoms with Crippen LogP contribution in [0, 0.1) is 17.6 Å². The average Bonchev–Trinajstić information content (AvgIpc) is 2.83. The summed E-state index contributed by atoms with van der Waals surface area (Å²) in [6.07, 6.45) is 0.959. The van der Waals surface area contributed by atoms with Gasteiger partial charge >= 0.3 is 0 Å². The first kappa shape index (κ1) is 13.4. The Morgan fingerprint density at radius 3 is 2.72 bits per heavy atom. The summed E-state index contributed by atoms with van der Waals surface area (Å²) in [7, 11) is 0. The monoisotopic (exact) mass is 282 g/mol. The lowest BCUT2D eigenvalue weighted by Crippen LogP contribution is -2.06. The summed E-state index contributed by atoms with van der Waals surface area (Å²) >= 11 is 7.01. The van der Waals surface area contributed by atoms with Crippen LogP contribution in [0.1, 0.15) is 31.5 Å². The third-order valence-electron chi connectivity index (χ3n) is 2.65. The van der Waals surface area contributed by atoms with E-state index in [4.69, 9.17) is 12.2 Å². The Kier molecular flexibility index (Phi) is 3.97. The molecule has 1 N–H and O–H groups in total. The Labute approximate surface area is 116 Å². The van der Waals surface area contributed by atoms with Crippen molar-refractivity contribution in [2.75, 3.05) is 0 Å². The Morgan fingerprint density at radius 1 is 1.44 bits per heavy atom. The van der Waals surface area contributed by atoms with Crippen LogP contribution in [0.2, 0.25) is 0 Å². The van der Waals surface area contributed by atoms with Crippen LogP contribution in [0.3, 0.4) is 0 Å². The highest BCUT2D eigenvalue weighted by molar-refractivity contribution is 7.71. The van der Waals surface area contributed by atoms with Gasteiger partial charge in [-0.3, -0.25) is 9.67 Å². The molecule has 18 heavy (non-hydrogen) atoms. The first-order chi connectivity index (χ1) is 8.52. The van der Waals surface area contributed by atoms with Crippen molar-refractivity contribution in [3.8, 4) is 10.7 Å². The van der Waals surface area contributed by atoms with E-state index < -0.39 is 0 Å². The van der Waals surface area contributed by atoms with Gasteiger partial charge in [0.25, 0.3) is 0 Å². The smallest absolute Gasteiger partial charge is 0.195 e. The van der Waals surface area contributed by atoms with E-state index in [1.165, 1.54) is 0 Å². The largest absolute Gasteiger partial charge is 0.299 e. The molecule has 2 aromatic heterocycles. The summed E-state index contributed by atoms with van der Waals surface area (Å²) in [4.78, 5) is 5.68. The first-order valence-electron chi connectivity index (χ1n) is 6.14. The lowest BCUT2D eigenvalue weighted by molar-refractivity contribution is 0.521. The van der Waals surface area contributed by atoms with Crippen molar-refractivity contribution in [3.63, 3.8) is 0 Å². The van der Waals surface area contributed by atoms with Crippen molar-refractivity contribution < 1.29 is 0 Å². The van der Waals surface area contributed by atoms with Gasteiger partial charge in [-0.25, -0.2) is 4.98 Å². The molecule has 0 unspecified atom stereocenters. The summed E-state index contributed by atoms with van der Waals surface area (Å²) in [5.41, 5.74) is 1.04. The number of H-pyrrole nitrogens is 1. The standard InChI is InChI=1S/C12H18N4S2/c1-5-9-13-8(4)10(18-9)11-14-15-12(17)16(11)6-7(2)3/h7H,5-6H2,1-4H3,(H,15,17). The van der Waals surface area contributed by atoms with E-state index in [1.807, 2.05) is 6.92 Å². The fourth-order valence-electron chi connectivity index (χ4n) is 1.84. The van der Waals surface area contributed by atoms with Crippen molar-refractivity contribution in [3.05, 3.63) is 15.5 Å². The fourth-order valence-corrected chi connectivity index (χ4v) is 3.05. The second kappa shape index (κ2) is 5.32. The van der Waals surface area contributed by atoms with E-state index in [9.17, 15) is 0 Å². The van der Waals surface area contributed by atoms with Gasteiger partial charge in [0.05, 0.1) is 15.6 Å². The summed E-state index contributed by atoms with van der Waals surface area (Å²) in [6, 6.07) is 0. The number of hydrogen-bond donors (Lipinski definition) is 1. The van der Waals surface area contributed by atoms with Gasteiger partial charge in [0.15, 0.2) is 10.6 Å². The number of nitrogens with zero attached hydrogens (tertiary/aromatic N) is 3. The molecule has 4 nitrogen and oxygen atoms in total. The number of thiazole rings is 1. The zero-order valence-electron chi connectivity index (χ0n) is 11.1. The maximum absolute atomic E-state index is 5.30. The zero-order chi connectivity index (χ0) is 13.3. The van der Waals surface area contributed by atoms with Crippen LogP contribution in [-0.4, -0.2) is 19.7 Å². The molecule has 0 aliphatic rings. The third-order valence-corrected chi connectivity index (χ3v) is 4.26. The van der Waals surface area contributed by atoms with E-state index in [0.717, 1.165) is 34.4 Å². The number of aromatic nitrogens is 4. The molecule has 0 aliphatic carbocycles. The lowest BCUT2D eigenvalue weighted by atomic mass is 10.2. The van der Waals surface area contributed by atoms with Crippen molar-refractivity contribution >= 4 is 23.6 Å². The fraction of sp³-hybridized carbons (Fsp3) is 0.583. The summed E-state index contributed by atoms with van der Waals surface area (Å²) < 4.78 is 2.75. The van der Waals surface area contributed by atoms with Crippen LogP contribution in [0.5, 0.6) is 0 Å². The molecule has 0 radical (unpaired) electrons. The normalized spacial score (nSPS) is 11.4. The molecule has 0 atom stereocenters. The minimum atomic E-state index is 0.534. The van der Waals surface area contributed by atoms with Crippen LogP contribution < -0.4 is 0 Å². The van der Waals surface area contributed by atoms with Gasteiger partial charge in [-0.1, -0.05) is 20.8 Å². The third kappa shape index (κ3) is 2.54. The highest BCUT2D eigenvalue weighted by Crippen LogP contribution is 2.29. The van der Waals surface area contributed by atoms with Crippen molar-refractivity contribution in [2.45, 2.75) is 40.7 Å². The van der Waals surface area contributed by atoms with Crippen LogP contribution in [-0.2, 0) is 13.0 Å². The van der Waals surface area contributed by atoms with Crippen LogP contribution in [0.25, 0.3) is 10.7 Å². The van der Waals surface area contributed by atoms with E-state index >= 15 is 0 Å². The quantitative estimate of drug-likeness (QED) is 0.872. The van der Waals surface area contributed by atoms with E-state index in [0.29, 0.717) is 10.7 Å². The van der Waals surface area contributed by atoms with Crippen molar-refractivity contribution in [1.82, 2.24) is 19.7 Å². The highest BCUT2D eigenvalue weighted by atomic mass is 32.1. The molecule has 0 aromatic carbocycles. The second-order valence-electron chi connectivity index (χ2n) is 4.73. The average molecular weight is 282 g/mol. The maximum Gasteiger partial charge on any atom is 0.195 e. The molecule has 0 saturated heterocycles. The van der Waals surface area contributed by atoms with Crippen LogP contribution in [0.4, 0.5) is 0 Å². The number of rotatable bonds is 4. The molecule has 0 amide bonds. The SMILES string of the molecule is CCc1nc(C)c(-c2n[nH]c(=S)n2CC(C)C)s1. The predicted octanol–water partition coefficient (Wildman–Crippen LogP) is 3.59. The highest BCUT2D eigenvalue weighted by Gasteiger charge is 2.16. The van der Waals surface area contributed by atoms with Crippen LogP contribution >= 0.6 is 23.6 Å². The predicted molar refractivity (Wildman–Crippen MR) is 77.5 cm³/mol. The Morgan fingerprint density at radius 2 is 2.17 bits per heavy atom. The molecule has 0 saturated carbocycles. The second-order valence-corrected chi connectivity index (χ2v) is 6.20. The van der Waals surface area contributed by atoms with Crippen LogP contribution in [0.15, 0.2) is 0 Å². The van der Waals surface area contributed by atoms with Gasteiger partial charge in [0.1, 0.15) is 0 Å². The minimum Gasteiger partial charge on any atom is -0.299 e. The molecule has 2 heterocycles. The number of aromatic amines is 1. The maximum atomic E-state index is 5.30. The summed E-state index contributed by atoms with van der Waals surface area (Å²) in [5, 5.41) is 8.40. The van der Waals surface area contributed by atoms with E-state index in [2.05, 4.69) is 40.5 Å². The van der Waals surface area contributed by atoms with Gasteiger partial charge < -0.3 is 0 Å². The molecule has 2 rings (SSSR count). The molecule has 0 spiro atoms. The molecular weight excluding hydrogens is 264 g/mol. The van der Waals surface area contributed by atoms with Gasteiger partial charge in [-0.05, 0) is 31.5 Å². The molecular formula is C12H18N4S2. The Balaban J connectivity index is 2.50. The number of aryl methyl sites for hydroxylation is 2. The van der Waals surface area contributed by atoms with E-state index in [-0.39, 0.29) is 0 Å². The summed E-state index contributed by atoms with van der Waals surface area (Å²) in [6.45, 7) is 9.38. The van der Waals surface area contributed by atoms with Crippen molar-refractivity contribution in [1.29, 1.82) is 0 Å². The molecule has 0 bridgehead atoms. The Hall–Kier alpha value is -1.01. The number of nitrogens with one attached hydrogen (secondary N) is 1. The molecule has 0 fully saturated rings. The first-order valence-corrected chi connectivity index (χ1v) is 7.37. The van der Waals surface area contributed by atoms with Gasteiger partial charge in [-0.2, -0.15) is 5.10 Å². The molecule has 6 heteroatoms. The lowest BCUT2D eigenvalue weighted by Gasteiger charge is -2.08. The van der Waals surface area contributed by atoms with Crippen molar-refractivity contribution in [2.24, 2.45) is 5.92 Å². The zero-order valence-corrected chi connectivity index (χ0v) is 12.8. The molecule has 2 aromatic rings. The van der Waals surface area contributed by atoms with Gasteiger partial charge in [0, 0.05) is 6.54 Å². The van der Waals surface area contributed by atoms with Gasteiger partial charge in [0.2, 0.25) is 0 Å². The molecule has 0 aliphatic heterocycles. The van der Waals surface area contributed by atoms with Gasteiger partial charge in [-0.15, -0.1) is 11.3 Å². The molecule has 98 valence electrons. The summed E-state index contributed by atoms with van der Waals surface area (Å²) in [5.74, 6) is 1.45. The topological polar surface area (TPSA) is 46.5 Å². The Bertz CT molecular complexity index is 591. The minimum absolute atomic E-state index is 0.534. The number of hydrogen-bond acceptors (Lipinski definition) is 4.